The largest absolute Gasteiger partial charge is 0.330 e. The van der Waals surface area contributed by atoms with Crippen molar-refractivity contribution in [3.63, 3.8) is 0 Å². The van der Waals surface area contributed by atoms with Crippen molar-refractivity contribution >= 4 is 46.4 Å². The minimum atomic E-state index is -0.0755. The topological polar surface area (TPSA) is 55.1 Å². The van der Waals surface area contributed by atoms with E-state index in [-0.39, 0.29) is 5.91 Å². The van der Waals surface area contributed by atoms with E-state index >= 15 is 0 Å². The number of hydrogen-bond donors (Lipinski definition) is 2. The molecule has 1 amide bonds. The average molecular weight is 352 g/mol. The molecule has 0 radical (unpaired) electrons. The van der Waals surface area contributed by atoms with E-state index in [1.165, 1.54) is 6.07 Å². The van der Waals surface area contributed by atoms with E-state index in [1.807, 2.05) is 0 Å². The Kier molecular flexibility index (Phi) is 8.42. The molecule has 0 bridgehead atoms. The predicted molar refractivity (Wildman–Crippen MR) is 91.4 cm³/mol. The first kappa shape index (κ1) is 18.6. The molecule has 1 aromatic carbocycles. The van der Waals surface area contributed by atoms with Gasteiger partial charge in [-0.1, -0.05) is 54.6 Å². The molecule has 1 rings (SSSR count). The van der Waals surface area contributed by atoms with Gasteiger partial charge in [0, 0.05) is 6.42 Å². The summed E-state index contributed by atoms with van der Waals surface area (Å²) in [6, 6.07) is 3.09. The first-order valence-corrected chi connectivity index (χ1v) is 8.25. The van der Waals surface area contributed by atoms with Crippen LogP contribution in [0.2, 0.25) is 15.1 Å². The molecule has 21 heavy (non-hydrogen) atoms. The highest BCUT2D eigenvalue weighted by Crippen LogP contribution is 2.32. The van der Waals surface area contributed by atoms with Gasteiger partial charge in [0.15, 0.2) is 0 Å². The lowest BCUT2D eigenvalue weighted by Crippen LogP contribution is -2.15. The van der Waals surface area contributed by atoms with Gasteiger partial charge in [-0.25, -0.2) is 0 Å². The number of hydrogen-bond acceptors (Lipinski definition) is 2. The zero-order chi connectivity index (χ0) is 15.8. The maximum absolute atomic E-state index is 12.0. The Balaban J connectivity index is 2.55. The summed E-state index contributed by atoms with van der Waals surface area (Å²) in [7, 11) is 0. The summed E-state index contributed by atoms with van der Waals surface area (Å²) in [6.45, 7) is 2.80. The van der Waals surface area contributed by atoms with Crippen molar-refractivity contribution in [1.82, 2.24) is 0 Å². The van der Waals surface area contributed by atoms with Crippen LogP contribution in [-0.4, -0.2) is 12.5 Å². The van der Waals surface area contributed by atoms with Crippen LogP contribution in [0.15, 0.2) is 12.1 Å². The van der Waals surface area contributed by atoms with Crippen LogP contribution in [0.3, 0.4) is 0 Å². The molecule has 118 valence electrons. The molecule has 0 spiro atoms. The van der Waals surface area contributed by atoms with Crippen molar-refractivity contribution in [3.8, 4) is 0 Å². The van der Waals surface area contributed by atoms with E-state index in [4.69, 9.17) is 40.5 Å². The highest BCUT2D eigenvalue weighted by Gasteiger charge is 2.12. The first-order valence-electron chi connectivity index (χ1n) is 7.12. The predicted octanol–water partition coefficient (Wildman–Crippen LogP) is 5.13. The molecule has 0 heterocycles. The molecule has 3 nitrogen and oxygen atoms in total. The highest BCUT2D eigenvalue weighted by atomic mass is 35.5. The lowest BCUT2D eigenvalue weighted by molar-refractivity contribution is -0.116. The lowest BCUT2D eigenvalue weighted by atomic mass is 9.94. The second-order valence-electron chi connectivity index (χ2n) is 5.07. The summed E-state index contributed by atoms with van der Waals surface area (Å²) < 4.78 is 0. The summed E-state index contributed by atoms with van der Waals surface area (Å²) in [5, 5.41) is 3.88. The fourth-order valence-corrected chi connectivity index (χ4v) is 2.84. The number of amides is 1. The summed E-state index contributed by atoms with van der Waals surface area (Å²) in [5.74, 6) is 0.420. The number of carbonyl (C=O) groups excluding carboxylic acids is 1. The van der Waals surface area contributed by atoms with Gasteiger partial charge >= 0.3 is 0 Å². The van der Waals surface area contributed by atoms with Crippen LogP contribution in [0, 0.1) is 5.92 Å². The Morgan fingerprint density at radius 3 is 2.43 bits per heavy atom. The lowest BCUT2D eigenvalue weighted by Gasteiger charge is -2.15. The summed E-state index contributed by atoms with van der Waals surface area (Å²) in [5.41, 5.74) is 6.08. The van der Waals surface area contributed by atoms with Gasteiger partial charge in [-0.15, -0.1) is 0 Å². The molecular formula is C15H21Cl3N2O. The molecule has 1 unspecified atom stereocenters. The molecule has 0 fully saturated rings. The number of anilines is 1. The maximum atomic E-state index is 12.0. The zero-order valence-corrected chi connectivity index (χ0v) is 14.4. The normalized spacial score (nSPS) is 12.2. The van der Waals surface area contributed by atoms with Crippen LogP contribution < -0.4 is 11.1 Å². The Morgan fingerprint density at radius 2 is 1.81 bits per heavy atom. The molecule has 6 heteroatoms. The van der Waals surface area contributed by atoms with Crippen LogP contribution in [0.4, 0.5) is 5.69 Å². The van der Waals surface area contributed by atoms with Gasteiger partial charge in [-0.05, 0) is 37.4 Å². The van der Waals surface area contributed by atoms with Gasteiger partial charge in [0.2, 0.25) is 5.91 Å². The monoisotopic (exact) mass is 350 g/mol. The molecule has 0 aromatic heterocycles. The van der Waals surface area contributed by atoms with Crippen molar-refractivity contribution in [3.05, 3.63) is 27.2 Å². The number of benzene rings is 1. The van der Waals surface area contributed by atoms with E-state index in [1.54, 1.807) is 6.07 Å². The zero-order valence-electron chi connectivity index (χ0n) is 12.1. The molecule has 0 aliphatic heterocycles. The van der Waals surface area contributed by atoms with Crippen LogP contribution in [0.1, 0.15) is 39.0 Å². The molecule has 0 aliphatic carbocycles. The van der Waals surface area contributed by atoms with E-state index in [2.05, 4.69) is 12.2 Å². The van der Waals surface area contributed by atoms with E-state index in [9.17, 15) is 4.79 Å². The number of nitrogens with one attached hydrogen (secondary N) is 1. The van der Waals surface area contributed by atoms with Crippen LogP contribution in [-0.2, 0) is 4.79 Å². The van der Waals surface area contributed by atoms with Crippen molar-refractivity contribution in [2.75, 3.05) is 11.9 Å². The van der Waals surface area contributed by atoms with Gasteiger partial charge < -0.3 is 11.1 Å². The molecule has 3 N–H and O–H groups in total. The molecule has 0 saturated heterocycles. The molecule has 0 saturated carbocycles. The van der Waals surface area contributed by atoms with Gasteiger partial charge in [-0.3, -0.25) is 4.79 Å². The smallest absolute Gasteiger partial charge is 0.224 e. The molecule has 1 aromatic rings. The second kappa shape index (κ2) is 9.52. The number of nitrogens with two attached hydrogens (primary N) is 1. The number of carbonyl (C=O) groups is 1. The quantitative estimate of drug-likeness (QED) is 0.638. The van der Waals surface area contributed by atoms with Gasteiger partial charge in [0.05, 0.1) is 20.8 Å². The minimum absolute atomic E-state index is 0.0755. The average Bonchev–Trinajstić information content (AvgIpc) is 2.42. The standard InChI is InChI=1S/C15H21Cl3N2O/c1-2-3-10(6-7-19)4-5-15(21)20-14-9-12(17)11(16)8-13(14)18/h8-10H,2-7,19H2,1H3,(H,20,21). The maximum Gasteiger partial charge on any atom is 0.224 e. The van der Waals surface area contributed by atoms with E-state index < -0.39 is 0 Å². The van der Waals surface area contributed by atoms with Crippen molar-refractivity contribution in [2.24, 2.45) is 11.7 Å². The van der Waals surface area contributed by atoms with Gasteiger partial charge in [-0.2, -0.15) is 0 Å². The number of rotatable bonds is 8. The van der Waals surface area contributed by atoms with Crippen molar-refractivity contribution in [2.45, 2.75) is 39.0 Å². The Labute approximate surface area is 141 Å². The molecular weight excluding hydrogens is 331 g/mol. The fraction of sp³-hybridized carbons (Fsp3) is 0.533. The Bertz CT molecular complexity index is 474. The first-order chi connectivity index (χ1) is 9.97. The summed E-state index contributed by atoms with van der Waals surface area (Å²) >= 11 is 17.8. The van der Waals surface area contributed by atoms with Crippen LogP contribution >= 0.6 is 34.8 Å². The Hall–Kier alpha value is -0.480. The van der Waals surface area contributed by atoms with E-state index in [0.29, 0.717) is 39.6 Å². The molecule has 0 aliphatic rings. The Morgan fingerprint density at radius 1 is 1.14 bits per heavy atom. The number of halogens is 3. The fourth-order valence-electron chi connectivity index (χ4n) is 2.24. The highest BCUT2D eigenvalue weighted by molar-refractivity contribution is 6.44. The van der Waals surface area contributed by atoms with Gasteiger partial charge in [0.1, 0.15) is 0 Å². The minimum Gasteiger partial charge on any atom is -0.330 e. The van der Waals surface area contributed by atoms with Crippen LogP contribution in [0.5, 0.6) is 0 Å². The van der Waals surface area contributed by atoms with E-state index in [0.717, 1.165) is 25.7 Å². The third-order valence-corrected chi connectivity index (χ3v) is 4.37. The second-order valence-corrected chi connectivity index (χ2v) is 6.29. The summed E-state index contributed by atoms with van der Waals surface area (Å²) in [6.07, 6.45) is 4.43. The third kappa shape index (κ3) is 6.43. The summed E-state index contributed by atoms with van der Waals surface area (Å²) in [4.78, 5) is 12.0. The van der Waals surface area contributed by atoms with Crippen molar-refractivity contribution in [1.29, 1.82) is 0 Å². The molecule has 1 atom stereocenters. The van der Waals surface area contributed by atoms with Gasteiger partial charge in [0.25, 0.3) is 0 Å². The van der Waals surface area contributed by atoms with Crippen molar-refractivity contribution < 1.29 is 4.79 Å². The SMILES string of the molecule is CCCC(CCN)CCC(=O)Nc1cc(Cl)c(Cl)cc1Cl. The van der Waals surface area contributed by atoms with Crippen LogP contribution in [0.25, 0.3) is 0 Å². The third-order valence-electron chi connectivity index (χ3n) is 3.34.